The molecule has 0 fully saturated rings. The minimum absolute atomic E-state index is 0.917. The SMILES string of the molecule is Cc1ccc(CN(Cc2ccccc2)C2=NCCCS2)cc1. The molecule has 1 aliphatic rings. The molecule has 22 heavy (non-hydrogen) atoms. The van der Waals surface area contributed by atoms with Crippen LogP contribution < -0.4 is 0 Å². The van der Waals surface area contributed by atoms with Gasteiger partial charge in [0.05, 0.1) is 0 Å². The number of aliphatic imine (C=N–C) groups is 1. The van der Waals surface area contributed by atoms with E-state index in [9.17, 15) is 0 Å². The van der Waals surface area contributed by atoms with Crippen molar-refractivity contribution in [3.8, 4) is 0 Å². The van der Waals surface area contributed by atoms with Gasteiger partial charge in [-0.25, -0.2) is 0 Å². The average Bonchev–Trinajstić information content (AvgIpc) is 2.58. The summed E-state index contributed by atoms with van der Waals surface area (Å²) in [5.74, 6) is 1.18. The molecular weight excluding hydrogens is 288 g/mol. The van der Waals surface area contributed by atoms with Crippen LogP contribution in [-0.2, 0) is 13.1 Å². The Kier molecular flexibility index (Phi) is 5.17. The molecule has 0 amide bonds. The number of aryl methyl sites for hydroxylation is 1. The first-order chi connectivity index (χ1) is 10.8. The molecule has 0 unspecified atom stereocenters. The van der Waals surface area contributed by atoms with E-state index < -0.39 is 0 Å². The highest BCUT2D eigenvalue weighted by Crippen LogP contribution is 2.20. The molecule has 0 N–H and O–H groups in total. The molecule has 0 saturated carbocycles. The van der Waals surface area contributed by atoms with E-state index in [1.807, 2.05) is 11.8 Å². The van der Waals surface area contributed by atoms with Crippen LogP contribution >= 0.6 is 11.8 Å². The van der Waals surface area contributed by atoms with Crippen LogP contribution in [0.2, 0.25) is 0 Å². The summed E-state index contributed by atoms with van der Waals surface area (Å²) in [5, 5.41) is 1.19. The molecule has 0 saturated heterocycles. The molecular formula is C19H22N2S. The number of nitrogens with zero attached hydrogens (tertiary/aromatic N) is 2. The fourth-order valence-electron chi connectivity index (χ4n) is 2.55. The summed E-state index contributed by atoms with van der Waals surface area (Å²) in [6.45, 7) is 4.93. The molecule has 0 bridgehead atoms. The van der Waals surface area contributed by atoms with Gasteiger partial charge in [-0.2, -0.15) is 0 Å². The third kappa shape index (κ3) is 4.14. The summed E-state index contributed by atoms with van der Waals surface area (Å²) >= 11 is 1.89. The third-order valence-electron chi connectivity index (χ3n) is 3.76. The minimum atomic E-state index is 0.917. The fraction of sp³-hybridized carbons (Fsp3) is 0.316. The van der Waals surface area contributed by atoms with E-state index in [4.69, 9.17) is 4.99 Å². The number of benzene rings is 2. The first kappa shape index (κ1) is 15.2. The first-order valence-electron chi connectivity index (χ1n) is 7.83. The van der Waals surface area contributed by atoms with Gasteiger partial charge in [-0.15, -0.1) is 0 Å². The molecule has 0 aliphatic carbocycles. The number of amidine groups is 1. The van der Waals surface area contributed by atoms with Crippen LogP contribution in [0.5, 0.6) is 0 Å². The zero-order valence-electron chi connectivity index (χ0n) is 13.0. The topological polar surface area (TPSA) is 15.6 Å². The normalized spacial score (nSPS) is 14.5. The maximum atomic E-state index is 4.75. The molecule has 3 heteroatoms. The van der Waals surface area contributed by atoms with Crippen LogP contribution in [0.3, 0.4) is 0 Å². The Morgan fingerprint density at radius 3 is 2.27 bits per heavy atom. The number of thioether (sulfide) groups is 1. The summed E-state index contributed by atoms with van der Waals surface area (Å²) in [4.78, 5) is 7.15. The zero-order chi connectivity index (χ0) is 15.2. The van der Waals surface area contributed by atoms with Gasteiger partial charge in [0, 0.05) is 25.4 Å². The van der Waals surface area contributed by atoms with Crippen LogP contribution in [0.4, 0.5) is 0 Å². The third-order valence-corrected chi connectivity index (χ3v) is 4.90. The van der Waals surface area contributed by atoms with Gasteiger partial charge in [0.1, 0.15) is 0 Å². The van der Waals surface area contributed by atoms with Crippen molar-refractivity contribution in [2.24, 2.45) is 4.99 Å². The predicted molar refractivity (Wildman–Crippen MR) is 96.2 cm³/mol. The maximum Gasteiger partial charge on any atom is 0.159 e. The second kappa shape index (κ2) is 7.50. The summed E-state index contributed by atoms with van der Waals surface area (Å²) in [6, 6.07) is 19.5. The highest BCUT2D eigenvalue weighted by atomic mass is 32.2. The molecule has 1 heterocycles. The van der Waals surface area contributed by atoms with Crippen molar-refractivity contribution >= 4 is 16.9 Å². The zero-order valence-corrected chi connectivity index (χ0v) is 13.9. The standard InChI is InChI=1S/C19H22N2S/c1-16-8-10-18(11-9-16)15-21(19-20-12-5-13-22-19)14-17-6-3-2-4-7-17/h2-4,6-11H,5,12-15H2,1H3. The molecule has 3 rings (SSSR count). The lowest BCUT2D eigenvalue weighted by atomic mass is 10.1. The Morgan fingerprint density at radius 1 is 0.955 bits per heavy atom. The minimum Gasteiger partial charge on any atom is -0.343 e. The molecule has 1 aliphatic heterocycles. The average molecular weight is 310 g/mol. The van der Waals surface area contributed by atoms with Gasteiger partial charge in [0.25, 0.3) is 0 Å². The molecule has 0 radical (unpaired) electrons. The van der Waals surface area contributed by atoms with Crippen LogP contribution in [0, 0.1) is 6.92 Å². The molecule has 2 nitrogen and oxygen atoms in total. The Hall–Kier alpha value is -1.74. The van der Waals surface area contributed by atoms with Gasteiger partial charge in [0.15, 0.2) is 5.17 Å². The van der Waals surface area contributed by atoms with E-state index in [1.54, 1.807) is 0 Å². The number of hydrogen-bond donors (Lipinski definition) is 0. The summed E-state index contributed by atoms with van der Waals surface area (Å²) < 4.78 is 0. The van der Waals surface area contributed by atoms with Gasteiger partial charge >= 0.3 is 0 Å². The van der Waals surface area contributed by atoms with E-state index in [1.165, 1.54) is 34.0 Å². The molecule has 2 aromatic rings. The quantitative estimate of drug-likeness (QED) is 0.827. The van der Waals surface area contributed by atoms with Gasteiger partial charge in [0.2, 0.25) is 0 Å². The van der Waals surface area contributed by atoms with E-state index in [0.717, 1.165) is 19.6 Å². The van der Waals surface area contributed by atoms with Crippen molar-refractivity contribution in [2.45, 2.75) is 26.4 Å². The summed E-state index contributed by atoms with van der Waals surface area (Å²) in [5.41, 5.74) is 3.99. The van der Waals surface area contributed by atoms with Crippen molar-refractivity contribution in [1.29, 1.82) is 0 Å². The van der Waals surface area contributed by atoms with Gasteiger partial charge in [-0.05, 0) is 24.5 Å². The van der Waals surface area contributed by atoms with Crippen LogP contribution in [0.25, 0.3) is 0 Å². The lowest BCUT2D eigenvalue weighted by Gasteiger charge is -2.28. The molecule has 114 valence electrons. The number of hydrogen-bond acceptors (Lipinski definition) is 3. The fourth-order valence-corrected chi connectivity index (χ4v) is 3.50. The van der Waals surface area contributed by atoms with Gasteiger partial charge < -0.3 is 4.90 Å². The summed E-state index contributed by atoms with van der Waals surface area (Å²) in [7, 11) is 0. The molecule has 0 spiro atoms. The van der Waals surface area contributed by atoms with Crippen molar-refractivity contribution in [1.82, 2.24) is 4.90 Å². The van der Waals surface area contributed by atoms with Gasteiger partial charge in [-0.3, -0.25) is 4.99 Å². The van der Waals surface area contributed by atoms with Crippen molar-refractivity contribution in [2.75, 3.05) is 12.3 Å². The van der Waals surface area contributed by atoms with Crippen molar-refractivity contribution < 1.29 is 0 Å². The van der Waals surface area contributed by atoms with E-state index in [2.05, 4.69) is 66.4 Å². The predicted octanol–water partition coefficient (Wildman–Crippen LogP) is 4.49. The highest BCUT2D eigenvalue weighted by Gasteiger charge is 2.15. The maximum absolute atomic E-state index is 4.75. The van der Waals surface area contributed by atoms with E-state index in [-0.39, 0.29) is 0 Å². The van der Waals surface area contributed by atoms with Gasteiger partial charge in [-0.1, -0.05) is 71.9 Å². The second-order valence-electron chi connectivity index (χ2n) is 5.69. The van der Waals surface area contributed by atoms with Crippen LogP contribution in [0.1, 0.15) is 23.1 Å². The molecule has 0 aromatic heterocycles. The Bertz CT molecular complexity index is 620. The van der Waals surface area contributed by atoms with E-state index >= 15 is 0 Å². The first-order valence-corrected chi connectivity index (χ1v) is 8.81. The Balaban J connectivity index is 1.79. The van der Waals surface area contributed by atoms with E-state index in [0.29, 0.717) is 0 Å². The van der Waals surface area contributed by atoms with Crippen LogP contribution in [0.15, 0.2) is 59.6 Å². The molecule has 0 atom stereocenters. The Morgan fingerprint density at radius 2 is 1.64 bits per heavy atom. The van der Waals surface area contributed by atoms with Crippen LogP contribution in [-0.4, -0.2) is 22.4 Å². The Labute approximate surface area is 137 Å². The monoisotopic (exact) mass is 310 g/mol. The highest BCUT2D eigenvalue weighted by molar-refractivity contribution is 8.13. The lowest BCUT2D eigenvalue weighted by molar-refractivity contribution is 0.412. The molecule has 2 aromatic carbocycles. The second-order valence-corrected chi connectivity index (χ2v) is 6.76. The van der Waals surface area contributed by atoms with Crippen molar-refractivity contribution in [3.05, 3.63) is 71.3 Å². The lowest BCUT2D eigenvalue weighted by Crippen LogP contribution is -2.30. The largest absolute Gasteiger partial charge is 0.343 e. The summed E-state index contributed by atoms with van der Waals surface area (Å²) in [6.07, 6.45) is 1.19. The number of rotatable bonds is 4. The van der Waals surface area contributed by atoms with Crippen molar-refractivity contribution in [3.63, 3.8) is 0 Å². The smallest absolute Gasteiger partial charge is 0.159 e.